The van der Waals surface area contributed by atoms with Crippen molar-refractivity contribution >= 4 is 15.9 Å². The van der Waals surface area contributed by atoms with Crippen molar-refractivity contribution < 1.29 is 17.6 Å². The quantitative estimate of drug-likeness (QED) is 0.637. The highest BCUT2D eigenvalue weighted by Crippen LogP contribution is 2.18. The van der Waals surface area contributed by atoms with E-state index in [-0.39, 0.29) is 23.4 Å². The monoisotopic (exact) mass is 398 g/mol. The van der Waals surface area contributed by atoms with Crippen molar-refractivity contribution in [2.24, 2.45) is 0 Å². The molecule has 1 heterocycles. The molecule has 1 atom stereocenters. The van der Waals surface area contributed by atoms with Gasteiger partial charge in [-0.3, -0.25) is 4.79 Å². The summed E-state index contributed by atoms with van der Waals surface area (Å²) in [5.74, 6) is 0.257. The third-order valence-electron chi connectivity index (χ3n) is 4.45. The lowest BCUT2D eigenvalue weighted by Crippen LogP contribution is -2.27. The van der Waals surface area contributed by atoms with E-state index in [1.165, 1.54) is 30.5 Å². The van der Waals surface area contributed by atoms with Gasteiger partial charge in [-0.25, -0.2) is 13.1 Å². The molecule has 28 heavy (non-hydrogen) atoms. The van der Waals surface area contributed by atoms with E-state index in [1.807, 2.05) is 38.1 Å². The van der Waals surface area contributed by atoms with Gasteiger partial charge in [0.25, 0.3) is 5.91 Å². The molecule has 0 spiro atoms. The Kier molecular flexibility index (Phi) is 5.96. The summed E-state index contributed by atoms with van der Waals surface area (Å²) in [6, 6.07) is 16.9. The van der Waals surface area contributed by atoms with Crippen LogP contribution in [0.3, 0.4) is 0 Å². The van der Waals surface area contributed by atoms with Gasteiger partial charge >= 0.3 is 0 Å². The number of aryl methyl sites for hydroxylation is 1. The van der Waals surface area contributed by atoms with Crippen LogP contribution in [-0.4, -0.2) is 14.3 Å². The predicted octanol–water partition coefficient (Wildman–Crippen LogP) is 3.56. The molecule has 0 saturated heterocycles. The average molecular weight is 398 g/mol. The molecule has 146 valence electrons. The van der Waals surface area contributed by atoms with Gasteiger partial charge in [-0.1, -0.05) is 24.3 Å². The number of furan rings is 1. The molecule has 1 amide bonds. The van der Waals surface area contributed by atoms with E-state index in [2.05, 4.69) is 10.0 Å². The third kappa shape index (κ3) is 4.68. The van der Waals surface area contributed by atoms with E-state index in [0.29, 0.717) is 11.3 Å². The van der Waals surface area contributed by atoms with Gasteiger partial charge in [-0.05, 0) is 61.4 Å². The van der Waals surface area contributed by atoms with Crippen LogP contribution in [0.25, 0.3) is 0 Å². The molecular formula is C21H22N2O4S. The van der Waals surface area contributed by atoms with Crippen molar-refractivity contribution in [3.8, 4) is 0 Å². The minimum Gasteiger partial charge on any atom is -0.468 e. The van der Waals surface area contributed by atoms with E-state index in [4.69, 9.17) is 4.42 Å². The fourth-order valence-corrected chi connectivity index (χ4v) is 3.87. The number of benzene rings is 2. The van der Waals surface area contributed by atoms with E-state index in [0.717, 1.165) is 11.1 Å². The largest absolute Gasteiger partial charge is 0.468 e. The number of amides is 1. The van der Waals surface area contributed by atoms with Crippen molar-refractivity contribution in [1.29, 1.82) is 0 Å². The van der Waals surface area contributed by atoms with E-state index >= 15 is 0 Å². The Morgan fingerprint density at radius 1 is 1.04 bits per heavy atom. The zero-order chi connectivity index (χ0) is 20.1. The second kappa shape index (κ2) is 8.41. The van der Waals surface area contributed by atoms with Gasteiger partial charge in [0.05, 0.1) is 23.7 Å². The van der Waals surface area contributed by atoms with Crippen LogP contribution in [0.5, 0.6) is 0 Å². The molecule has 7 heteroatoms. The van der Waals surface area contributed by atoms with Crippen molar-refractivity contribution in [3.05, 3.63) is 89.4 Å². The molecule has 0 aliphatic carbocycles. The number of hydrogen-bond acceptors (Lipinski definition) is 4. The second-order valence-electron chi connectivity index (χ2n) is 6.48. The maximum atomic E-state index is 12.5. The van der Waals surface area contributed by atoms with Crippen LogP contribution in [0.2, 0.25) is 0 Å². The molecule has 0 aliphatic heterocycles. The van der Waals surface area contributed by atoms with Crippen molar-refractivity contribution in [1.82, 2.24) is 10.0 Å². The third-order valence-corrected chi connectivity index (χ3v) is 5.86. The Balaban J connectivity index is 1.66. The van der Waals surface area contributed by atoms with Gasteiger partial charge < -0.3 is 9.73 Å². The zero-order valence-corrected chi connectivity index (χ0v) is 16.5. The molecule has 3 aromatic rings. The lowest BCUT2D eigenvalue weighted by atomic mass is 10.0. The predicted molar refractivity (Wildman–Crippen MR) is 106 cm³/mol. The summed E-state index contributed by atoms with van der Waals surface area (Å²) in [4.78, 5) is 12.6. The van der Waals surface area contributed by atoms with Crippen LogP contribution >= 0.6 is 0 Å². The summed E-state index contributed by atoms with van der Waals surface area (Å²) in [5, 5.41) is 2.94. The Hall–Kier alpha value is -2.90. The molecule has 1 unspecified atom stereocenters. The summed E-state index contributed by atoms with van der Waals surface area (Å²) >= 11 is 0. The summed E-state index contributed by atoms with van der Waals surface area (Å²) in [6.45, 7) is 3.97. The summed E-state index contributed by atoms with van der Waals surface area (Å²) in [5.41, 5.74) is 2.53. The van der Waals surface area contributed by atoms with Crippen molar-refractivity contribution in [2.75, 3.05) is 0 Å². The van der Waals surface area contributed by atoms with Gasteiger partial charge in [0.1, 0.15) is 5.76 Å². The smallest absolute Gasteiger partial charge is 0.251 e. The first-order valence-corrected chi connectivity index (χ1v) is 10.3. The minimum absolute atomic E-state index is 0.0610. The number of carbonyl (C=O) groups is 1. The molecule has 0 bridgehead atoms. The summed E-state index contributed by atoms with van der Waals surface area (Å²) in [6.07, 6.45) is 1.48. The fraction of sp³-hybridized carbons (Fsp3) is 0.190. The van der Waals surface area contributed by atoms with E-state index in [9.17, 15) is 13.2 Å². The first kappa shape index (κ1) is 19.9. The van der Waals surface area contributed by atoms with Crippen molar-refractivity contribution in [2.45, 2.75) is 31.3 Å². The molecule has 0 aliphatic rings. The fourth-order valence-electron chi connectivity index (χ4n) is 2.88. The van der Waals surface area contributed by atoms with Gasteiger partial charge in [0.15, 0.2) is 0 Å². The Morgan fingerprint density at radius 3 is 2.39 bits per heavy atom. The van der Waals surface area contributed by atoms with Crippen LogP contribution in [0.4, 0.5) is 0 Å². The maximum absolute atomic E-state index is 12.5. The normalized spacial score (nSPS) is 12.5. The minimum atomic E-state index is -3.69. The van der Waals surface area contributed by atoms with E-state index in [1.54, 1.807) is 12.1 Å². The Bertz CT molecular complexity index is 1040. The zero-order valence-electron chi connectivity index (χ0n) is 15.7. The first-order chi connectivity index (χ1) is 13.4. The van der Waals surface area contributed by atoms with Gasteiger partial charge in [-0.15, -0.1) is 0 Å². The summed E-state index contributed by atoms with van der Waals surface area (Å²) in [7, 11) is -3.69. The molecule has 3 rings (SSSR count). The highest BCUT2D eigenvalue weighted by atomic mass is 32.2. The molecule has 2 aromatic carbocycles. The van der Waals surface area contributed by atoms with Gasteiger partial charge in [0, 0.05) is 5.56 Å². The Labute approximate surface area is 164 Å². The van der Waals surface area contributed by atoms with Crippen LogP contribution in [0, 0.1) is 6.92 Å². The molecular weight excluding hydrogens is 376 g/mol. The van der Waals surface area contributed by atoms with Gasteiger partial charge in [-0.2, -0.15) is 0 Å². The number of rotatable bonds is 7. The molecule has 0 radical (unpaired) electrons. The highest BCUT2D eigenvalue weighted by molar-refractivity contribution is 7.89. The number of sulfonamides is 1. The molecule has 6 nitrogen and oxygen atoms in total. The highest BCUT2D eigenvalue weighted by Gasteiger charge is 2.17. The molecule has 0 saturated carbocycles. The maximum Gasteiger partial charge on any atom is 0.251 e. The number of hydrogen-bond donors (Lipinski definition) is 2. The average Bonchev–Trinajstić information content (AvgIpc) is 3.20. The molecule has 2 N–H and O–H groups in total. The van der Waals surface area contributed by atoms with Crippen LogP contribution in [0.15, 0.2) is 76.2 Å². The Morgan fingerprint density at radius 2 is 1.75 bits per heavy atom. The number of nitrogens with one attached hydrogen (secondary N) is 2. The topological polar surface area (TPSA) is 88.4 Å². The van der Waals surface area contributed by atoms with Crippen LogP contribution in [-0.2, 0) is 16.6 Å². The second-order valence-corrected chi connectivity index (χ2v) is 8.25. The first-order valence-electron chi connectivity index (χ1n) is 8.85. The SMILES string of the molecule is Cc1ccccc1C(C)NC(=O)c1ccc(S(=O)(=O)NCc2ccco2)cc1. The van der Waals surface area contributed by atoms with E-state index < -0.39 is 10.0 Å². The number of carbonyl (C=O) groups excluding carboxylic acids is 1. The standard InChI is InChI=1S/C21H22N2O4S/c1-15-6-3-4-8-20(15)16(2)23-21(24)17-9-11-19(12-10-17)28(25,26)22-14-18-7-5-13-27-18/h3-13,16,22H,14H2,1-2H3,(H,23,24). The molecule has 1 aromatic heterocycles. The van der Waals surface area contributed by atoms with Crippen LogP contribution in [0.1, 0.15) is 40.2 Å². The summed E-state index contributed by atoms with van der Waals surface area (Å²) < 4.78 is 32.3. The van der Waals surface area contributed by atoms with Crippen LogP contribution < -0.4 is 10.0 Å². The van der Waals surface area contributed by atoms with Crippen molar-refractivity contribution in [3.63, 3.8) is 0 Å². The lowest BCUT2D eigenvalue weighted by molar-refractivity contribution is 0.0939. The lowest BCUT2D eigenvalue weighted by Gasteiger charge is -2.16. The van der Waals surface area contributed by atoms with Gasteiger partial charge in [0.2, 0.25) is 10.0 Å². The molecule has 0 fully saturated rings.